The molecule has 1 aliphatic carbocycles. The molecule has 1 N–H and O–H groups in total. The van der Waals surface area contributed by atoms with Crippen LogP contribution in [0.4, 0.5) is 0 Å². The Morgan fingerprint density at radius 3 is 2.83 bits per heavy atom. The fourth-order valence-electron chi connectivity index (χ4n) is 3.00. The minimum absolute atomic E-state index is 0.0281. The SMILES string of the molecule is CCS(=O)(=O)CCN1Cc2ncn(C)c2[C@@H](C(=O)NC2CC2)C1. The highest BCUT2D eigenvalue weighted by Crippen LogP contribution is 2.29. The molecular formula is C15H24N4O3S. The second-order valence-corrected chi connectivity index (χ2v) is 8.97. The minimum atomic E-state index is -3.01. The van der Waals surface area contributed by atoms with E-state index in [1.807, 2.05) is 16.5 Å². The zero-order chi connectivity index (χ0) is 16.6. The van der Waals surface area contributed by atoms with E-state index in [1.165, 1.54) is 0 Å². The molecule has 0 radical (unpaired) electrons. The summed E-state index contributed by atoms with van der Waals surface area (Å²) in [7, 11) is -1.10. The van der Waals surface area contributed by atoms with E-state index in [9.17, 15) is 13.2 Å². The lowest BCUT2D eigenvalue weighted by Crippen LogP contribution is -2.44. The maximum absolute atomic E-state index is 12.6. The predicted octanol–water partition coefficient (Wildman–Crippen LogP) is 0.0326. The zero-order valence-corrected chi connectivity index (χ0v) is 14.5. The van der Waals surface area contributed by atoms with E-state index in [-0.39, 0.29) is 23.3 Å². The third-order valence-corrected chi connectivity index (χ3v) is 6.29. The first kappa shape index (κ1) is 16.4. The Morgan fingerprint density at radius 2 is 2.17 bits per heavy atom. The van der Waals surface area contributed by atoms with Gasteiger partial charge in [-0.1, -0.05) is 6.92 Å². The number of sulfone groups is 1. The van der Waals surface area contributed by atoms with Gasteiger partial charge in [-0.3, -0.25) is 9.69 Å². The first-order chi connectivity index (χ1) is 10.9. The molecule has 1 fully saturated rings. The van der Waals surface area contributed by atoms with Crippen molar-refractivity contribution in [2.45, 2.75) is 38.3 Å². The largest absolute Gasteiger partial charge is 0.353 e. The topological polar surface area (TPSA) is 84.3 Å². The molecule has 0 bridgehead atoms. The number of imidazole rings is 1. The third kappa shape index (κ3) is 3.74. The van der Waals surface area contributed by atoms with Crippen LogP contribution in [0.1, 0.15) is 37.1 Å². The van der Waals surface area contributed by atoms with E-state index in [1.54, 1.807) is 13.3 Å². The van der Waals surface area contributed by atoms with Gasteiger partial charge in [-0.2, -0.15) is 0 Å². The average molecular weight is 340 g/mol. The van der Waals surface area contributed by atoms with Crippen LogP contribution in [-0.4, -0.2) is 59.4 Å². The van der Waals surface area contributed by atoms with E-state index in [4.69, 9.17) is 0 Å². The summed E-state index contributed by atoms with van der Waals surface area (Å²) >= 11 is 0. The molecular weight excluding hydrogens is 316 g/mol. The third-order valence-electron chi connectivity index (χ3n) is 4.61. The number of aromatic nitrogens is 2. The van der Waals surface area contributed by atoms with Gasteiger partial charge in [-0.05, 0) is 12.8 Å². The predicted molar refractivity (Wildman–Crippen MR) is 86.7 cm³/mol. The van der Waals surface area contributed by atoms with Gasteiger partial charge in [0.2, 0.25) is 5.91 Å². The zero-order valence-electron chi connectivity index (χ0n) is 13.7. The summed E-state index contributed by atoms with van der Waals surface area (Å²) in [6.45, 7) is 3.25. The van der Waals surface area contributed by atoms with Crippen molar-refractivity contribution in [3.05, 3.63) is 17.7 Å². The minimum Gasteiger partial charge on any atom is -0.353 e. The van der Waals surface area contributed by atoms with Crippen LogP contribution >= 0.6 is 0 Å². The van der Waals surface area contributed by atoms with Crippen molar-refractivity contribution in [1.82, 2.24) is 19.8 Å². The molecule has 1 saturated carbocycles. The fraction of sp³-hybridized carbons (Fsp3) is 0.733. The van der Waals surface area contributed by atoms with E-state index < -0.39 is 9.84 Å². The molecule has 1 aromatic rings. The van der Waals surface area contributed by atoms with Gasteiger partial charge in [0.25, 0.3) is 0 Å². The number of hydrogen-bond donors (Lipinski definition) is 1. The van der Waals surface area contributed by atoms with Gasteiger partial charge in [0.15, 0.2) is 9.84 Å². The lowest BCUT2D eigenvalue weighted by molar-refractivity contribution is -0.123. The monoisotopic (exact) mass is 340 g/mol. The highest BCUT2D eigenvalue weighted by Gasteiger charge is 2.36. The molecule has 128 valence electrons. The molecule has 0 aromatic carbocycles. The molecule has 8 heteroatoms. The highest BCUT2D eigenvalue weighted by atomic mass is 32.2. The number of hydrogen-bond acceptors (Lipinski definition) is 5. The molecule has 3 rings (SSSR count). The Labute approximate surface area is 137 Å². The van der Waals surface area contributed by atoms with Crippen molar-refractivity contribution in [3.8, 4) is 0 Å². The van der Waals surface area contributed by atoms with Crippen molar-refractivity contribution in [1.29, 1.82) is 0 Å². The van der Waals surface area contributed by atoms with Crippen molar-refractivity contribution in [3.63, 3.8) is 0 Å². The normalized spacial score (nSPS) is 21.9. The van der Waals surface area contributed by atoms with Crippen LogP contribution in [0.15, 0.2) is 6.33 Å². The molecule has 1 amide bonds. The molecule has 7 nitrogen and oxygen atoms in total. The van der Waals surface area contributed by atoms with Gasteiger partial charge in [-0.25, -0.2) is 13.4 Å². The Morgan fingerprint density at radius 1 is 1.43 bits per heavy atom. The molecule has 1 aromatic heterocycles. The summed E-state index contributed by atoms with van der Waals surface area (Å²) in [6.07, 6.45) is 3.83. The Hall–Kier alpha value is -1.41. The van der Waals surface area contributed by atoms with Crippen LogP contribution in [0.3, 0.4) is 0 Å². The number of rotatable bonds is 6. The smallest absolute Gasteiger partial charge is 0.230 e. The van der Waals surface area contributed by atoms with Crippen LogP contribution < -0.4 is 5.32 Å². The molecule has 23 heavy (non-hydrogen) atoms. The fourth-order valence-corrected chi connectivity index (χ4v) is 3.82. The maximum atomic E-state index is 12.6. The van der Waals surface area contributed by atoms with Crippen molar-refractivity contribution in [2.24, 2.45) is 7.05 Å². The first-order valence-corrected chi connectivity index (χ1v) is 9.95. The molecule has 0 unspecified atom stereocenters. The number of nitrogens with one attached hydrogen (secondary N) is 1. The lowest BCUT2D eigenvalue weighted by atomic mass is 9.97. The van der Waals surface area contributed by atoms with Gasteiger partial charge in [0, 0.05) is 38.5 Å². The lowest BCUT2D eigenvalue weighted by Gasteiger charge is -2.32. The summed E-state index contributed by atoms with van der Waals surface area (Å²) in [5, 5.41) is 3.06. The molecule has 0 saturated heterocycles. The second kappa shape index (κ2) is 6.24. The van der Waals surface area contributed by atoms with Gasteiger partial charge >= 0.3 is 0 Å². The van der Waals surface area contributed by atoms with E-state index in [0.717, 1.165) is 24.2 Å². The standard InChI is InChI=1S/C15H24N4O3S/c1-3-23(21,22)7-6-19-8-12(15(20)17-11-4-5-11)14-13(9-19)16-10-18(14)2/h10-12H,3-9H2,1-2H3,(H,17,20)/t12-/m0/s1. The first-order valence-electron chi connectivity index (χ1n) is 8.13. The summed E-state index contributed by atoms with van der Waals surface area (Å²) in [5.74, 6) is 0.0285. The maximum Gasteiger partial charge on any atom is 0.230 e. The summed E-state index contributed by atoms with van der Waals surface area (Å²) < 4.78 is 25.4. The van der Waals surface area contributed by atoms with Crippen molar-refractivity contribution < 1.29 is 13.2 Å². The van der Waals surface area contributed by atoms with E-state index in [2.05, 4.69) is 10.3 Å². The van der Waals surface area contributed by atoms with Crippen molar-refractivity contribution >= 4 is 15.7 Å². The Balaban J connectivity index is 1.75. The number of nitrogens with zero attached hydrogens (tertiary/aromatic N) is 3. The number of amides is 1. The molecule has 1 aliphatic heterocycles. The average Bonchev–Trinajstić information content (AvgIpc) is 3.26. The van der Waals surface area contributed by atoms with E-state index in [0.29, 0.717) is 25.7 Å². The number of aryl methyl sites for hydroxylation is 1. The Bertz CT molecular complexity index is 694. The van der Waals surface area contributed by atoms with Crippen molar-refractivity contribution in [2.75, 3.05) is 24.6 Å². The number of fused-ring (bicyclic) bond motifs is 1. The quantitative estimate of drug-likeness (QED) is 0.790. The summed E-state index contributed by atoms with van der Waals surface area (Å²) in [6, 6.07) is 0.315. The van der Waals surface area contributed by atoms with Gasteiger partial charge < -0.3 is 9.88 Å². The van der Waals surface area contributed by atoms with Crippen LogP contribution in [-0.2, 0) is 28.2 Å². The molecule has 2 aliphatic rings. The van der Waals surface area contributed by atoms with Crippen LogP contribution in [0, 0.1) is 0 Å². The second-order valence-electron chi connectivity index (χ2n) is 6.49. The summed E-state index contributed by atoms with van der Waals surface area (Å²) in [5.41, 5.74) is 1.83. The van der Waals surface area contributed by atoms with Gasteiger partial charge in [0.05, 0.1) is 29.4 Å². The highest BCUT2D eigenvalue weighted by molar-refractivity contribution is 7.91. The van der Waals surface area contributed by atoms with Gasteiger partial charge in [-0.15, -0.1) is 0 Å². The molecule has 0 spiro atoms. The Kier molecular flexibility index (Phi) is 4.46. The summed E-state index contributed by atoms with van der Waals surface area (Å²) in [4.78, 5) is 19.0. The van der Waals surface area contributed by atoms with Crippen LogP contribution in [0.5, 0.6) is 0 Å². The van der Waals surface area contributed by atoms with Crippen LogP contribution in [0.2, 0.25) is 0 Å². The number of carbonyl (C=O) groups excluding carboxylic acids is 1. The molecule has 2 heterocycles. The van der Waals surface area contributed by atoms with Crippen LogP contribution in [0.25, 0.3) is 0 Å². The number of carbonyl (C=O) groups is 1. The van der Waals surface area contributed by atoms with E-state index >= 15 is 0 Å². The molecule has 1 atom stereocenters. The van der Waals surface area contributed by atoms with Gasteiger partial charge in [0.1, 0.15) is 0 Å².